The largest absolute Gasteiger partial charge is 0.393 e. The molecule has 1 heterocycles. The summed E-state index contributed by atoms with van der Waals surface area (Å²) in [5.41, 5.74) is 3.45. The fourth-order valence-electron chi connectivity index (χ4n) is 9.01. The molecule has 10 atom stereocenters. The summed E-state index contributed by atoms with van der Waals surface area (Å²) in [7, 11) is 0. The molecule has 3 fully saturated rings. The molecule has 5 aliphatic rings. The van der Waals surface area contributed by atoms with Crippen LogP contribution in [0.25, 0.3) is 0 Å². The number of nitrogens with zero attached hydrogens (tertiary/aromatic N) is 1. The van der Waals surface area contributed by atoms with Crippen molar-refractivity contribution in [1.29, 1.82) is 0 Å². The van der Waals surface area contributed by atoms with Crippen LogP contribution in [-0.4, -0.2) is 34.7 Å². The molecule has 4 aliphatic carbocycles. The van der Waals surface area contributed by atoms with Gasteiger partial charge in [-0.25, -0.2) is 0 Å². The summed E-state index contributed by atoms with van der Waals surface area (Å²) in [6.07, 6.45) is 12.3. The van der Waals surface area contributed by atoms with Gasteiger partial charge in [0.15, 0.2) is 0 Å². The van der Waals surface area contributed by atoms with Crippen LogP contribution in [0.1, 0.15) is 85.5 Å². The van der Waals surface area contributed by atoms with Crippen molar-refractivity contribution in [2.45, 2.75) is 97.7 Å². The summed E-state index contributed by atoms with van der Waals surface area (Å²) in [4.78, 5) is 4.98. The second-order valence-corrected chi connectivity index (χ2v) is 12.3. The Morgan fingerprint density at radius 2 is 1.90 bits per heavy atom. The van der Waals surface area contributed by atoms with Gasteiger partial charge in [0.05, 0.1) is 12.2 Å². The van der Waals surface area contributed by atoms with Crippen molar-refractivity contribution in [3.8, 4) is 0 Å². The Hall–Kier alpha value is -0.670. The van der Waals surface area contributed by atoms with Gasteiger partial charge in [-0.1, -0.05) is 39.3 Å². The minimum Gasteiger partial charge on any atom is -0.393 e. The van der Waals surface area contributed by atoms with E-state index in [-0.39, 0.29) is 23.0 Å². The number of rotatable bonds is 2. The number of fused-ring (bicyclic) bond motifs is 5. The van der Waals surface area contributed by atoms with Crippen molar-refractivity contribution in [2.75, 3.05) is 6.54 Å². The zero-order valence-corrected chi connectivity index (χ0v) is 19.6. The Kier molecular flexibility index (Phi) is 5.26. The van der Waals surface area contributed by atoms with Gasteiger partial charge in [-0.3, -0.25) is 4.99 Å². The molecule has 3 nitrogen and oxygen atoms in total. The van der Waals surface area contributed by atoms with E-state index in [9.17, 15) is 10.2 Å². The molecule has 0 aromatic heterocycles. The molecule has 5 rings (SSSR count). The predicted molar refractivity (Wildman–Crippen MR) is 122 cm³/mol. The van der Waals surface area contributed by atoms with E-state index in [1.807, 2.05) is 0 Å². The van der Waals surface area contributed by atoms with E-state index in [1.165, 1.54) is 25.0 Å². The molecule has 0 aromatic rings. The molecular weight excluding hydrogens is 370 g/mol. The first-order valence-electron chi connectivity index (χ1n) is 12.8. The van der Waals surface area contributed by atoms with Crippen LogP contribution < -0.4 is 0 Å². The number of aliphatic imine (C=N–C) groups is 1. The first kappa shape index (κ1) is 21.2. The monoisotopic (exact) mass is 413 g/mol. The van der Waals surface area contributed by atoms with Crippen LogP contribution in [0.2, 0.25) is 0 Å². The lowest BCUT2D eigenvalue weighted by Gasteiger charge is -2.58. The summed E-state index contributed by atoms with van der Waals surface area (Å²) in [5, 5.41) is 21.6. The highest BCUT2D eigenvalue weighted by molar-refractivity contribution is 5.87. The van der Waals surface area contributed by atoms with Crippen molar-refractivity contribution in [1.82, 2.24) is 0 Å². The minimum atomic E-state index is -0.179. The van der Waals surface area contributed by atoms with Crippen LogP contribution >= 0.6 is 0 Å². The first-order chi connectivity index (χ1) is 14.2. The quantitative estimate of drug-likeness (QED) is 0.595. The van der Waals surface area contributed by atoms with Gasteiger partial charge in [0, 0.05) is 12.3 Å². The zero-order chi connectivity index (χ0) is 21.3. The molecule has 2 N–H and O–H groups in total. The highest BCUT2D eigenvalue weighted by atomic mass is 16.3. The summed E-state index contributed by atoms with van der Waals surface area (Å²) in [6, 6.07) is 0. The molecule has 0 aromatic carbocycles. The number of allylic oxidation sites excluding steroid dienone is 1. The molecule has 0 spiro atoms. The normalized spacial score (nSPS) is 51.9. The van der Waals surface area contributed by atoms with Crippen molar-refractivity contribution >= 4 is 5.71 Å². The Morgan fingerprint density at radius 1 is 1.10 bits per heavy atom. The average molecular weight is 414 g/mol. The van der Waals surface area contributed by atoms with Crippen LogP contribution in [0.15, 0.2) is 16.6 Å². The Bertz CT molecular complexity index is 743. The van der Waals surface area contributed by atoms with Gasteiger partial charge in [-0.05, 0) is 104 Å². The van der Waals surface area contributed by atoms with Gasteiger partial charge >= 0.3 is 0 Å². The van der Waals surface area contributed by atoms with E-state index >= 15 is 0 Å². The third kappa shape index (κ3) is 3.09. The van der Waals surface area contributed by atoms with Gasteiger partial charge < -0.3 is 10.2 Å². The van der Waals surface area contributed by atoms with Gasteiger partial charge in [0.1, 0.15) is 0 Å². The SMILES string of the molecule is C[C@@H]1CCC([C@@H](C)[C@H]2[C@H](O)C[C@H]3[C@@H]4CC=C5C[C@@H](O)CC[C@]5(C)[C@H]4CC[C@]23C)=NC1. The second-order valence-electron chi connectivity index (χ2n) is 12.3. The number of aliphatic hydroxyl groups is 2. The van der Waals surface area contributed by atoms with Crippen LogP contribution in [0.5, 0.6) is 0 Å². The fourth-order valence-corrected chi connectivity index (χ4v) is 9.01. The molecule has 3 saturated carbocycles. The molecule has 0 amide bonds. The molecule has 30 heavy (non-hydrogen) atoms. The van der Waals surface area contributed by atoms with Crippen molar-refractivity contribution in [2.24, 2.45) is 51.3 Å². The molecule has 168 valence electrons. The predicted octanol–water partition coefficient (Wildman–Crippen LogP) is 5.40. The van der Waals surface area contributed by atoms with Gasteiger partial charge in [-0.15, -0.1) is 0 Å². The number of hydrogen-bond acceptors (Lipinski definition) is 3. The van der Waals surface area contributed by atoms with E-state index in [2.05, 4.69) is 33.8 Å². The fraction of sp³-hybridized carbons (Fsp3) is 0.889. The summed E-state index contributed by atoms with van der Waals surface area (Å²) in [5.74, 6) is 3.55. The van der Waals surface area contributed by atoms with Crippen molar-refractivity contribution < 1.29 is 10.2 Å². The standard InChI is InChI=1S/C27H43NO2/c1-16-5-8-23(28-15-16)17(2)25-24(30)14-22-20-7-6-18-13-19(29)9-11-26(18,3)21(20)10-12-27(22,25)4/h6,16-17,19-22,24-25,29-30H,5,7-15H2,1-4H3/t16-,17-,19+,20-,21+,22+,24-,25+,26+,27+/m1/s1. The minimum absolute atomic E-state index is 0.132. The van der Waals surface area contributed by atoms with Crippen LogP contribution in [0.4, 0.5) is 0 Å². The second kappa shape index (κ2) is 7.44. The Balaban J connectivity index is 1.42. The molecule has 0 unspecified atom stereocenters. The third-order valence-electron chi connectivity index (χ3n) is 10.8. The molecule has 3 heteroatoms. The summed E-state index contributed by atoms with van der Waals surface area (Å²) >= 11 is 0. The highest BCUT2D eigenvalue weighted by Gasteiger charge is 2.62. The Morgan fingerprint density at radius 3 is 2.63 bits per heavy atom. The highest BCUT2D eigenvalue weighted by Crippen LogP contribution is 2.67. The average Bonchev–Trinajstić information content (AvgIpc) is 2.98. The lowest BCUT2D eigenvalue weighted by atomic mass is 9.47. The molecular formula is C27H43NO2. The van der Waals surface area contributed by atoms with Gasteiger partial charge in [0.25, 0.3) is 0 Å². The van der Waals surface area contributed by atoms with Gasteiger partial charge in [0.2, 0.25) is 0 Å². The molecule has 1 aliphatic heterocycles. The number of hydrogen-bond donors (Lipinski definition) is 2. The topological polar surface area (TPSA) is 52.8 Å². The summed E-state index contributed by atoms with van der Waals surface area (Å²) in [6.45, 7) is 10.7. The van der Waals surface area contributed by atoms with Crippen molar-refractivity contribution in [3.05, 3.63) is 11.6 Å². The van der Waals surface area contributed by atoms with Gasteiger partial charge in [-0.2, -0.15) is 0 Å². The van der Waals surface area contributed by atoms with E-state index in [1.54, 1.807) is 5.57 Å². The maximum Gasteiger partial charge on any atom is 0.0582 e. The van der Waals surface area contributed by atoms with Crippen LogP contribution in [-0.2, 0) is 0 Å². The van der Waals surface area contributed by atoms with Crippen LogP contribution in [0.3, 0.4) is 0 Å². The van der Waals surface area contributed by atoms with E-state index in [0.29, 0.717) is 29.6 Å². The van der Waals surface area contributed by atoms with E-state index < -0.39 is 0 Å². The maximum absolute atomic E-state index is 11.4. The first-order valence-corrected chi connectivity index (χ1v) is 12.8. The lowest BCUT2D eigenvalue weighted by molar-refractivity contribution is -0.0564. The molecule has 0 saturated heterocycles. The van der Waals surface area contributed by atoms with E-state index in [4.69, 9.17) is 4.99 Å². The summed E-state index contributed by atoms with van der Waals surface area (Å²) < 4.78 is 0. The van der Waals surface area contributed by atoms with E-state index in [0.717, 1.165) is 51.0 Å². The third-order valence-corrected chi connectivity index (χ3v) is 10.8. The molecule has 0 radical (unpaired) electrons. The Labute approximate surface area is 183 Å². The smallest absolute Gasteiger partial charge is 0.0582 e. The maximum atomic E-state index is 11.4. The lowest BCUT2D eigenvalue weighted by Crippen LogP contribution is -2.51. The number of aliphatic hydroxyl groups excluding tert-OH is 2. The zero-order valence-electron chi connectivity index (χ0n) is 19.6. The molecule has 0 bridgehead atoms. The van der Waals surface area contributed by atoms with Crippen molar-refractivity contribution in [3.63, 3.8) is 0 Å². The van der Waals surface area contributed by atoms with Crippen LogP contribution in [0, 0.1) is 46.3 Å².